The topological polar surface area (TPSA) is 72.3 Å². The summed E-state index contributed by atoms with van der Waals surface area (Å²) in [4.78, 5) is 0. The Bertz CT molecular complexity index is 136. The normalized spacial score (nSPS) is 45.8. The second-order valence-corrected chi connectivity index (χ2v) is 3.83. The predicted octanol–water partition coefficient (Wildman–Crippen LogP) is -0.176. The summed E-state index contributed by atoms with van der Waals surface area (Å²) >= 11 is 0. The zero-order valence-electron chi connectivity index (χ0n) is 7.09. The summed E-state index contributed by atoms with van der Waals surface area (Å²) < 4.78 is 0. The molecule has 0 heterocycles. The fourth-order valence-corrected chi connectivity index (χ4v) is 1.90. The molecule has 1 rings (SSSR count). The van der Waals surface area contributed by atoms with Crippen LogP contribution in [0.5, 0.6) is 0 Å². The molecule has 0 saturated heterocycles. The van der Waals surface area contributed by atoms with Crippen LogP contribution in [-0.4, -0.2) is 23.3 Å². The van der Waals surface area contributed by atoms with Crippen LogP contribution >= 0.6 is 0 Å². The lowest BCUT2D eigenvalue weighted by molar-refractivity contribution is -0.0337. The minimum absolute atomic E-state index is 0.160. The Hall–Kier alpha value is -0.120. The molecule has 1 saturated carbocycles. The van der Waals surface area contributed by atoms with Crippen LogP contribution in [-0.2, 0) is 0 Å². The fraction of sp³-hybridized carbons (Fsp3) is 1.00. The molecule has 0 aliphatic heterocycles. The summed E-state index contributed by atoms with van der Waals surface area (Å²) in [7, 11) is 0. The Morgan fingerprint density at radius 3 is 2.64 bits per heavy atom. The molecular weight excluding hydrogens is 140 g/mol. The van der Waals surface area contributed by atoms with Gasteiger partial charge in [0.2, 0.25) is 0 Å². The van der Waals surface area contributed by atoms with Gasteiger partial charge in [-0.2, -0.15) is 0 Å². The van der Waals surface area contributed by atoms with Gasteiger partial charge in [0, 0.05) is 6.04 Å². The first-order valence-electron chi connectivity index (χ1n) is 4.24. The number of rotatable bonds is 1. The van der Waals surface area contributed by atoms with Gasteiger partial charge in [-0.05, 0) is 38.6 Å². The Labute approximate surface area is 67.8 Å². The molecule has 5 N–H and O–H groups in total. The van der Waals surface area contributed by atoms with Crippen molar-refractivity contribution in [3.05, 3.63) is 0 Å². The van der Waals surface area contributed by atoms with E-state index in [1.54, 1.807) is 0 Å². The number of hydrogen-bond donors (Lipinski definition) is 3. The first kappa shape index (κ1) is 8.97. The van der Waals surface area contributed by atoms with Crippen molar-refractivity contribution in [1.29, 1.82) is 0 Å². The summed E-state index contributed by atoms with van der Waals surface area (Å²) in [6.07, 6.45) is 2.65. The lowest BCUT2D eigenvalue weighted by atomic mass is 9.75. The van der Waals surface area contributed by atoms with Crippen molar-refractivity contribution in [2.45, 2.75) is 37.8 Å². The predicted molar refractivity (Wildman–Crippen MR) is 45.0 cm³/mol. The molecule has 3 atom stereocenters. The Kier molecular flexibility index (Phi) is 2.52. The van der Waals surface area contributed by atoms with E-state index in [1.807, 2.05) is 6.92 Å². The van der Waals surface area contributed by atoms with E-state index in [4.69, 9.17) is 11.5 Å². The van der Waals surface area contributed by atoms with Gasteiger partial charge in [0.05, 0.1) is 5.60 Å². The Morgan fingerprint density at radius 1 is 1.55 bits per heavy atom. The van der Waals surface area contributed by atoms with Crippen molar-refractivity contribution in [3.63, 3.8) is 0 Å². The highest BCUT2D eigenvalue weighted by atomic mass is 16.3. The fourth-order valence-electron chi connectivity index (χ4n) is 1.90. The average Bonchev–Trinajstić information content (AvgIpc) is 1.85. The van der Waals surface area contributed by atoms with Gasteiger partial charge >= 0.3 is 0 Å². The van der Waals surface area contributed by atoms with Gasteiger partial charge in [-0.15, -0.1) is 0 Å². The van der Waals surface area contributed by atoms with Crippen LogP contribution in [0.4, 0.5) is 0 Å². The maximum Gasteiger partial charge on any atom is 0.0674 e. The van der Waals surface area contributed by atoms with Crippen molar-refractivity contribution >= 4 is 0 Å². The molecule has 0 amide bonds. The summed E-state index contributed by atoms with van der Waals surface area (Å²) in [5.41, 5.74) is 10.6. The molecule has 66 valence electrons. The van der Waals surface area contributed by atoms with Gasteiger partial charge in [0.25, 0.3) is 0 Å². The standard InChI is InChI=1S/C8H18N2O/c1-8(11)4-7(10)3-2-6(8)5-9/h6-7,11H,2-5,9-10H2,1H3/t6-,7?,8-/m1/s1. The van der Waals surface area contributed by atoms with E-state index in [0.717, 1.165) is 12.8 Å². The maximum atomic E-state index is 9.84. The summed E-state index contributed by atoms with van der Waals surface area (Å²) in [5, 5.41) is 9.84. The molecule has 0 bridgehead atoms. The van der Waals surface area contributed by atoms with Gasteiger partial charge in [-0.25, -0.2) is 0 Å². The average molecular weight is 158 g/mol. The first-order chi connectivity index (χ1) is 5.06. The van der Waals surface area contributed by atoms with E-state index in [2.05, 4.69) is 0 Å². The molecule has 0 spiro atoms. The second-order valence-electron chi connectivity index (χ2n) is 3.83. The number of aliphatic hydroxyl groups is 1. The molecule has 1 fully saturated rings. The first-order valence-corrected chi connectivity index (χ1v) is 4.24. The summed E-state index contributed by atoms with van der Waals surface area (Å²) in [6, 6.07) is 0.160. The minimum Gasteiger partial charge on any atom is -0.390 e. The molecule has 0 aromatic carbocycles. The van der Waals surface area contributed by atoms with E-state index in [9.17, 15) is 5.11 Å². The quantitative estimate of drug-likeness (QED) is 0.496. The molecule has 1 unspecified atom stereocenters. The van der Waals surface area contributed by atoms with Crippen LogP contribution in [0.15, 0.2) is 0 Å². The van der Waals surface area contributed by atoms with Crippen LogP contribution in [0, 0.1) is 5.92 Å². The molecular formula is C8H18N2O. The van der Waals surface area contributed by atoms with Crippen molar-refractivity contribution in [1.82, 2.24) is 0 Å². The van der Waals surface area contributed by atoms with E-state index >= 15 is 0 Å². The third-order valence-electron chi connectivity index (χ3n) is 2.73. The smallest absolute Gasteiger partial charge is 0.0674 e. The van der Waals surface area contributed by atoms with Crippen molar-refractivity contribution < 1.29 is 5.11 Å². The molecule has 3 nitrogen and oxygen atoms in total. The van der Waals surface area contributed by atoms with Gasteiger partial charge in [0.15, 0.2) is 0 Å². The van der Waals surface area contributed by atoms with E-state index in [0.29, 0.717) is 13.0 Å². The number of hydrogen-bond acceptors (Lipinski definition) is 3. The molecule has 0 radical (unpaired) electrons. The van der Waals surface area contributed by atoms with Crippen LogP contribution < -0.4 is 11.5 Å². The van der Waals surface area contributed by atoms with Crippen molar-refractivity contribution in [2.75, 3.05) is 6.54 Å². The largest absolute Gasteiger partial charge is 0.390 e. The zero-order chi connectivity index (χ0) is 8.48. The Balaban J connectivity index is 2.56. The van der Waals surface area contributed by atoms with Crippen LogP contribution in [0.25, 0.3) is 0 Å². The van der Waals surface area contributed by atoms with Gasteiger partial charge in [-0.1, -0.05) is 0 Å². The van der Waals surface area contributed by atoms with E-state index in [-0.39, 0.29) is 12.0 Å². The van der Waals surface area contributed by atoms with Crippen LogP contribution in [0.2, 0.25) is 0 Å². The maximum absolute atomic E-state index is 9.84. The lowest BCUT2D eigenvalue weighted by Gasteiger charge is -2.39. The van der Waals surface area contributed by atoms with Gasteiger partial charge in [0.1, 0.15) is 0 Å². The minimum atomic E-state index is -0.633. The monoisotopic (exact) mass is 158 g/mol. The van der Waals surface area contributed by atoms with Crippen molar-refractivity contribution in [3.8, 4) is 0 Å². The highest BCUT2D eigenvalue weighted by molar-refractivity contribution is 4.91. The Morgan fingerprint density at radius 2 is 2.18 bits per heavy atom. The second kappa shape index (κ2) is 3.09. The molecule has 11 heavy (non-hydrogen) atoms. The summed E-state index contributed by atoms with van der Waals surface area (Å²) in [6.45, 7) is 2.41. The molecule has 1 aliphatic carbocycles. The van der Waals surface area contributed by atoms with Crippen molar-refractivity contribution in [2.24, 2.45) is 17.4 Å². The van der Waals surface area contributed by atoms with Gasteiger partial charge in [-0.3, -0.25) is 0 Å². The summed E-state index contributed by atoms with van der Waals surface area (Å²) in [5.74, 6) is 0.238. The third kappa shape index (κ3) is 1.92. The van der Waals surface area contributed by atoms with Crippen LogP contribution in [0.3, 0.4) is 0 Å². The van der Waals surface area contributed by atoms with E-state index < -0.39 is 5.60 Å². The van der Waals surface area contributed by atoms with Crippen LogP contribution in [0.1, 0.15) is 26.2 Å². The lowest BCUT2D eigenvalue weighted by Crippen LogP contribution is -2.48. The van der Waals surface area contributed by atoms with Gasteiger partial charge < -0.3 is 16.6 Å². The zero-order valence-corrected chi connectivity index (χ0v) is 7.09. The molecule has 3 heteroatoms. The molecule has 1 aliphatic rings. The molecule has 0 aromatic rings. The van der Waals surface area contributed by atoms with E-state index in [1.165, 1.54) is 0 Å². The highest BCUT2D eigenvalue weighted by Crippen LogP contribution is 2.31. The number of nitrogens with two attached hydrogens (primary N) is 2. The third-order valence-corrected chi connectivity index (χ3v) is 2.73. The SMILES string of the molecule is C[C@@]1(O)CC(N)CC[C@@H]1CN. The highest BCUT2D eigenvalue weighted by Gasteiger charge is 2.36. The molecule has 0 aromatic heterocycles.